The van der Waals surface area contributed by atoms with Gasteiger partial charge in [0.15, 0.2) is 0 Å². The summed E-state index contributed by atoms with van der Waals surface area (Å²) in [6, 6.07) is 11.0. The molecular formula is C14H17N. The zero-order valence-corrected chi connectivity index (χ0v) is 9.29. The minimum Gasteiger partial charge on any atom is -0.197 e. The van der Waals surface area contributed by atoms with Gasteiger partial charge in [-0.3, -0.25) is 0 Å². The van der Waals surface area contributed by atoms with Crippen LogP contribution in [-0.2, 0) is 5.41 Å². The van der Waals surface area contributed by atoms with E-state index >= 15 is 0 Å². The first-order chi connectivity index (χ1) is 7.27. The molecule has 0 heterocycles. The summed E-state index contributed by atoms with van der Waals surface area (Å²) in [7, 11) is 0. The van der Waals surface area contributed by atoms with Crippen molar-refractivity contribution in [3.8, 4) is 6.07 Å². The molecule has 15 heavy (non-hydrogen) atoms. The Balaban J connectivity index is 2.33. The maximum absolute atomic E-state index is 9.41. The summed E-state index contributed by atoms with van der Waals surface area (Å²) in [5.41, 5.74) is 2.30. The average molecular weight is 199 g/mol. The van der Waals surface area contributed by atoms with E-state index in [1.807, 2.05) is 0 Å². The Bertz CT molecular complexity index is 363. The molecule has 1 aliphatic rings. The number of hydrogen-bond donors (Lipinski definition) is 0. The van der Waals surface area contributed by atoms with Crippen molar-refractivity contribution < 1.29 is 0 Å². The normalized spacial score (nSPS) is 19.5. The molecular weight excluding hydrogens is 182 g/mol. The first kappa shape index (κ1) is 10.2. The Morgan fingerprint density at radius 2 is 1.67 bits per heavy atom. The molecule has 1 aliphatic carbocycles. The molecule has 0 radical (unpaired) electrons. The first-order valence-corrected chi connectivity index (χ1v) is 5.75. The van der Waals surface area contributed by atoms with E-state index in [4.69, 9.17) is 0 Å². The topological polar surface area (TPSA) is 23.8 Å². The summed E-state index contributed by atoms with van der Waals surface area (Å²) >= 11 is 0. The molecule has 78 valence electrons. The fourth-order valence-electron chi connectivity index (χ4n) is 2.49. The van der Waals surface area contributed by atoms with E-state index in [9.17, 15) is 5.26 Å². The summed E-state index contributed by atoms with van der Waals surface area (Å²) < 4.78 is 0. The lowest BCUT2D eigenvalue weighted by molar-refractivity contribution is 0.366. The summed E-state index contributed by atoms with van der Waals surface area (Å²) in [6.07, 6.45) is 5.75. The van der Waals surface area contributed by atoms with Gasteiger partial charge in [-0.2, -0.15) is 5.26 Å². The summed E-state index contributed by atoms with van der Waals surface area (Å²) in [5.74, 6) is 0. The second kappa shape index (κ2) is 4.06. The highest BCUT2D eigenvalue weighted by atomic mass is 14.4. The fraction of sp³-hybridized carbons (Fsp3) is 0.500. The third-order valence-electron chi connectivity index (χ3n) is 3.53. The highest BCUT2D eigenvalue weighted by Crippen LogP contribution is 2.38. The maximum Gasteiger partial charge on any atom is 0.0822 e. The quantitative estimate of drug-likeness (QED) is 0.676. The molecule has 1 nitrogen and oxygen atoms in total. The molecule has 0 amide bonds. The van der Waals surface area contributed by atoms with Crippen molar-refractivity contribution >= 4 is 0 Å². The number of nitriles is 1. The molecule has 0 atom stereocenters. The molecule has 1 saturated carbocycles. The summed E-state index contributed by atoms with van der Waals surface area (Å²) in [6.45, 7) is 2.09. The highest BCUT2D eigenvalue weighted by molar-refractivity contribution is 5.34. The molecule has 0 spiro atoms. The molecule has 0 saturated heterocycles. The van der Waals surface area contributed by atoms with E-state index in [0.717, 1.165) is 12.8 Å². The van der Waals surface area contributed by atoms with Crippen molar-refractivity contribution in [2.24, 2.45) is 0 Å². The molecule has 1 heteroatoms. The lowest BCUT2D eigenvalue weighted by atomic mass is 9.70. The molecule has 2 rings (SSSR count). The van der Waals surface area contributed by atoms with E-state index in [1.54, 1.807) is 0 Å². The van der Waals surface area contributed by atoms with Crippen LogP contribution in [0.2, 0.25) is 0 Å². The monoisotopic (exact) mass is 199 g/mol. The molecule has 0 N–H and O–H groups in total. The second-order valence-electron chi connectivity index (χ2n) is 4.62. The Morgan fingerprint density at radius 3 is 2.20 bits per heavy atom. The Labute approximate surface area is 91.7 Å². The van der Waals surface area contributed by atoms with E-state index in [-0.39, 0.29) is 5.41 Å². The van der Waals surface area contributed by atoms with Crippen molar-refractivity contribution in [3.63, 3.8) is 0 Å². The van der Waals surface area contributed by atoms with Crippen molar-refractivity contribution in [1.29, 1.82) is 5.26 Å². The predicted octanol–water partition coefficient (Wildman–Crippen LogP) is 3.72. The van der Waals surface area contributed by atoms with Gasteiger partial charge in [-0.25, -0.2) is 0 Å². The average Bonchev–Trinajstić information content (AvgIpc) is 2.31. The van der Waals surface area contributed by atoms with Crippen LogP contribution in [0, 0.1) is 18.3 Å². The summed E-state index contributed by atoms with van der Waals surface area (Å²) in [5, 5.41) is 9.41. The molecule has 0 bridgehead atoms. The minimum absolute atomic E-state index is 0.189. The lowest BCUT2D eigenvalue weighted by Gasteiger charge is -2.31. The van der Waals surface area contributed by atoms with Gasteiger partial charge in [0.25, 0.3) is 0 Å². The van der Waals surface area contributed by atoms with E-state index < -0.39 is 0 Å². The Morgan fingerprint density at radius 1 is 1.07 bits per heavy atom. The molecule has 0 unspecified atom stereocenters. The predicted molar refractivity (Wildman–Crippen MR) is 61.6 cm³/mol. The van der Waals surface area contributed by atoms with Crippen LogP contribution < -0.4 is 0 Å². The number of nitrogens with zero attached hydrogens (tertiary/aromatic N) is 1. The Hall–Kier alpha value is -1.29. The van der Waals surface area contributed by atoms with Crippen LogP contribution in [-0.4, -0.2) is 0 Å². The van der Waals surface area contributed by atoms with Crippen LogP contribution in [0.3, 0.4) is 0 Å². The number of rotatable bonds is 1. The van der Waals surface area contributed by atoms with Crippen molar-refractivity contribution in [2.75, 3.05) is 0 Å². The molecule has 0 aliphatic heterocycles. The van der Waals surface area contributed by atoms with Crippen LogP contribution >= 0.6 is 0 Å². The maximum atomic E-state index is 9.41. The third kappa shape index (κ3) is 1.90. The number of hydrogen-bond acceptors (Lipinski definition) is 1. The molecule has 1 aromatic carbocycles. The molecule has 1 aromatic rings. The zero-order valence-electron chi connectivity index (χ0n) is 9.29. The van der Waals surface area contributed by atoms with Gasteiger partial charge in [-0.1, -0.05) is 49.1 Å². The van der Waals surface area contributed by atoms with Crippen molar-refractivity contribution in [3.05, 3.63) is 35.4 Å². The minimum atomic E-state index is -0.189. The van der Waals surface area contributed by atoms with Crippen LogP contribution in [0.1, 0.15) is 43.2 Å². The first-order valence-electron chi connectivity index (χ1n) is 5.75. The second-order valence-corrected chi connectivity index (χ2v) is 4.62. The van der Waals surface area contributed by atoms with Gasteiger partial charge in [0.05, 0.1) is 11.5 Å². The van der Waals surface area contributed by atoms with Gasteiger partial charge >= 0.3 is 0 Å². The zero-order chi connectivity index (χ0) is 10.7. The van der Waals surface area contributed by atoms with Crippen LogP contribution in [0.4, 0.5) is 0 Å². The fourth-order valence-corrected chi connectivity index (χ4v) is 2.49. The van der Waals surface area contributed by atoms with E-state index in [1.165, 1.54) is 30.4 Å². The van der Waals surface area contributed by atoms with Crippen LogP contribution in [0.25, 0.3) is 0 Å². The van der Waals surface area contributed by atoms with Gasteiger partial charge < -0.3 is 0 Å². The van der Waals surface area contributed by atoms with Crippen molar-refractivity contribution in [1.82, 2.24) is 0 Å². The largest absolute Gasteiger partial charge is 0.197 e. The lowest BCUT2D eigenvalue weighted by Crippen LogP contribution is -2.26. The van der Waals surface area contributed by atoms with Gasteiger partial charge in [-0.05, 0) is 25.3 Å². The van der Waals surface area contributed by atoms with Gasteiger partial charge in [0.2, 0.25) is 0 Å². The van der Waals surface area contributed by atoms with Gasteiger partial charge in [0.1, 0.15) is 0 Å². The SMILES string of the molecule is Cc1ccc(C2(C#N)CCCCC2)cc1. The number of aryl methyl sites for hydroxylation is 1. The highest BCUT2D eigenvalue weighted by Gasteiger charge is 2.33. The Kier molecular flexibility index (Phi) is 2.77. The molecule has 0 aromatic heterocycles. The van der Waals surface area contributed by atoms with E-state index in [0.29, 0.717) is 0 Å². The van der Waals surface area contributed by atoms with E-state index in [2.05, 4.69) is 37.3 Å². The van der Waals surface area contributed by atoms with Gasteiger partial charge in [-0.15, -0.1) is 0 Å². The number of benzene rings is 1. The van der Waals surface area contributed by atoms with Gasteiger partial charge in [0, 0.05) is 0 Å². The third-order valence-corrected chi connectivity index (χ3v) is 3.53. The standard InChI is InChI=1S/C14H17N/c1-12-5-7-13(8-6-12)14(11-15)9-3-2-4-10-14/h5-8H,2-4,9-10H2,1H3. The molecule has 1 fully saturated rings. The summed E-state index contributed by atoms with van der Waals surface area (Å²) in [4.78, 5) is 0. The smallest absolute Gasteiger partial charge is 0.0822 e. The van der Waals surface area contributed by atoms with Crippen molar-refractivity contribution in [2.45, 2.75) is 44.4 Å². The van der Waals surface area contributed by atoms with Crippen LogP contribution in [0.5, 0.6) is 0 Å². The van der Waals surface area contributed by atoms with Crippen LogP contribution in [0.15, 0.2) is 24.3 Å².